The Morgan fingerprint density at radius 2 is 1.46 bits per heavy atom. The van der Waals surface area contributed by atoms with Gasteiger partial charge in [-0.2, -0.15) is 0 Å². The first-order chi connectivity index (χ1) is 12.7. The Kier molecular flexibility index (Phi) is 6.25. The SMILES string of the molecule is O=C(COc1ccc(-c2ccccc2)cc1)NNC(=O)CC1CCCC1. The maximum absolute atomic E-state index is 11.8. The number of carbonyl (C=O) groups excluding carboxylic acids is 2. The average molecular weight is 352 g/mol. The molecular formula is C21H24N2O3. The molecule has 0 atom stereocenters. The summed E-state index contributed by atoms with van der Waals surface area (Å²) in [5, 5.41) is 0. The fourth-order valence-electron chi connectivity index (χ4n) is 3.23. The molecule has 2 aromatic carbocycles. The van der Waals surface area contributed by atoms with Gasteiger partial charge in [-0.1, -0.05) is 55.3 Å². The van der Waals surface area contributed by atoms with E-state index in [9.17, 15) is 9.59 Å². The van der Waals surface area contributed by atoms with Gasteiger partial charge in [0.25, 0.3) is 5.91 Å². The second-order valence-corrected chi connectivity index (χ2v) is 6.63. The van der Waals surface area contributed by atoms with Crippen LogP contribution in [-0.2, 0) is 9.59 Å². The fraction of sp³-hybridized carbons (Fsp3) is 0.333. The minimum atomic E-state index is -0.378. The Morgan fingerprint density at radius 3 is 2.15 bits per heavy atom. The van der Waals surface area contributed by atoms with Gasteiger partial charge in [-0.05, 0) is 42.0 Å². The molecule has 26 heavy (non-hydrogen) atoms. The van der Waals surface area contributed by atoms with Gasteiger partial charge in [0.15, 0.2) is 6.61 Å². The zero-order valence-corrected chi connectivity index (χ0v) is 14.7. The van der Waals surface area contributed by atoms with Gasteiger partial charge in [0.1, 0.15) is 5.75 Å². The van der Waals surface area contributed by atoms with E-state index in [0.717, 1.165) is 24.0 Å². The second-order valence-electron chi connectivity index (χ2n) is 6.63. The first-order valence-corrected chi connectivity index (χ1v) is 9.06. The molecule has 1 aliphatic rings. The summed E-state index contributed by atoms with van der Waals surface area (Å²) < 4.78 is 5.46. The fourth-order valence-corrected chi connectivity index (χ4v) is 3.23. The van der Waals surface area contributed by atoms with Gasteiger partial charge in [-0.15, -0.1) is 0 Å². The van der Waals surface area contributed by atoms with Gasteiger partial charge >= 0.3 is 0 Å². The van der Waals surface area contributed by atoms with Crippen molar-refractivity contribution < 1.29 is 14.3 Å². The molecule has 0 heterocycles. The molecule has 0 bridgehead atoms. The van der Waals surface area contributed by atoms with E-state index in [0.29, 0.717) is 18.1 Å². The maximum atomic E-state index is 11.8. The van der Waals surface area contributed by atoms with Crippen LogP contribution in [0.2, 0.25) is 0 Å². The lowest BCUT2D eigenvalue weighted by atomic mass is 10.0. The van der Waals surface area contributed by atoms with Gasteiger partial charge in [-0.3, -0.25) is 20.4 Å². The van der Waals surface area contributed by atoms with Gasteiger partial charge in [0.2, 0.25) is 5.91 Å². The van der Waals surface area contributed by atoms with Crippen LogP contribution in [0.3, 0.4) is 0 Å². The molecule has 5 nitrogen and oxygen atoms in total. The molecule has 3 rings (SSSR count). The van der Waals surface area contributed by atoms with E-state index in [2.05, 4.69) is 10.9 Å². The summed E-state index contributed by atoms with van der Waals surface area (Å²) in [4.78, 5) is 23.6. The van der Waals surface area contributed by atoms with Crippen LogP contribution < -0.4 is 15.6 Å². The molecule has 0 aliphatic heterocycles. The van der Waals surface area contributed by atoms with Crippen molar-refractivity contribution >= 4 is 11.8 Å². The summed E-state index contributed by atoms with van der Waals surface area (Å²) in [6, 6.07) is 17.6. The largest absolute Gasteiger partial charge is 0.484 e. The second kappa shape index (κ2) is 9.04. The van der Waals surface area contributed by atoms with Crippen molar-refractivity contribution in [1.29, 1.82) is 0 Å². The molecule has 2 amide bonds. The van der Waals surface area contributed by atoms with Crippen LogP contribution >= 0.6 is 0 Å². The Hall–Kier alpha value is -2.82. The summed E-state index contributed by atoms with van der Waals surface area (Å²) in [6.45, 7) is -0.144. The molecule has 0 saturated heterocycles. The van der Waals surface area contributed by atoms with E-state index < -0.39 is 0 Å². The van der Waals surface area contributed by atoms with Crippen LogP contribution in [0.15, 0.2) is 54.6 Å². The molecule has 2 N–H and O–H groups in total. The Morgan fingerprint density at radius 1 is 0.846 bits per heavy atom. The molecule has 1 saturated carbocycles. The molecule has 1 fully saturated rings. The van der Waals surface area contributed by atoms with E-state index in [4.69, 9.17) is 4.74 Å². The van der Waals surface area contributed by atoms with Crippen molar-refractivity contribution in [2.75, 3.05) is 6.61 Å². The van der Waals surface area contributed by atoms with E-state index in [1.165, 1.54) is 12.8 Å². The predicted molar refractivity (Wildman–Crippen MR) is 100 cm³/mol. The minimum absolute atomic E-state index is 0.141. The number of rotatable bonds is 6. The van der Waals surface area contributed by atoms with Crippen LogP contribution in [0.1, 0.15) is 32.1 Å². The highest BCUT2D eigenvalue weighted by atomic mass is 16.5. The lowest BCUT2D eigenvalue weighted by molar-refractivity contribution is -0.130. The highest BCUT2D eigenvalue weighted by molar-refractivity contribution is 5.82. The molecule has 5 heteroatoms. The third-order valence-corrected chi connectivity index (χ3v) is 4.62. The molecule has 0 radical (unpaired) electrons. The molecular weight excluding hydrogens is 328 g/mol. The minimum Gasteiger partial charge on any atom is -0.484 e. The average Bonchev–Trinajstić information content (AvgIpc) is 3.19. The van der Waals surface area contributed by atoms with Crippen LogP contribution in [0.4, 0.5) is 0 Å². The predicted octanol–water partition coefficient (Wildman–Crippen LogP) is 3.46. The molecule has 0 unspecified atom stereocenters. The number of hydrogen-bond acceptors (Lipinski definition) is 3. The summed E-state index contributed by atoms with van der Waals surface area (Å²) in [5.74, 6) is 0.540. The number of benzene rings is 2. The summed E-state index contributed by atoms with van der Waals surface area (Å²) >= 11 is 0. The van der Waals surface area contributed by atoms with Gasteiger partial charge in [-0.25, -0.2) is 0 Å². The van der Waals surface area contributed by atoms with Crippen molar-refractivity contribution in [3.8, 4) is 16.9 Å². The third-order valence-electron chi connectivity index (χ3n) is 4.62. The summed E-state index contributed by atoms with van der Waals surface area (Å²) in [5.41, 5.74) is 7.07. The van der Waals surface area contributed by atoms with Gasteiger partial charge in [0, 0.05) is 6.42 Å². The first kappa shape index (κ1) is 18.0. The van der Waals surface area contributed by atoms with Crippen LogP contribution in [0.5, 0.6) is 5.75 Å². The summed E-state index contributed by atoms with van der Waals surface area (Å²) in [6.07, 6.45) is 5.07. The molecule has 0 spiro atoms. The highest BCUT2D eigenvalue weighted by Crippen LogP contribution is 2.27. The third kappa shape index (κ3) is 5.34. The van der Waals surface area contributed by atoms with Crippen LogP contribution in [0.25, 0.3) is 11.1 Å². The number of hydrazine groups is 1. The summed E-state index contributed by atoms with van der Waals surface area (Å²) in [7, 11) is 0. The maximum Gasteiger partial charge on any atom is 0.276 e. The van der Waals surface area contributed by atoms with Crippen molar-refractivity contribution in [2.45, 2.75) is 32.1 Å². The lowest BCUT2D eigenvalue weighted by Gasteiger charge is -2.11. The van der Waals surface area contributed by atoms with Gasteiger partial charge < -0.3 is 4.74 Å². The standard InChI is InChI=1S/C21H24N2O3/c24-20(14-16-6-4-5-7-16)22-23-21(25)15-26-19-12-10-18(11-13-19)17-8-2-1-3-9-17/h1-3,8-13,16H,4-7,14-15H2,(H,22,24)(H,23,25). The molecule has 2 aromatic rings. The molecule has 136 valence electrons. The number of carbonyl (C=O) groups is 2. The van der Waals surface area contributed by atoms with E-state index >= 15 is 0 Å². The first-order valence-electron chi connectivity index (χ1n) is 9.06. The van der Waals surface area contributed by atoms with Crippen molar-refractivity contribution in [3.63, 3.8) is 0 Å². The zero-order chi connectivity index (χ0) is 18.2. The smallest absolute Gasteiger partial charge is 0.276 e. The van der Waals surface area contributed by atoms with Crippen molar-refractivity contribution in [1.82, 2.24) is 10.9 Å². The lowest BCUT2D eigenvalue weighted by Crippen LogP contribution is -2.44. The van der Waals surface area contributed by atoms with E-state index in [1.54, 1.807) is 0 Å². The van der Waals surface area contributed by atoms with Crippen molar-refractivity contribution in [3.05, 3.63) is 54.6 Å². The Balaban J connectivity index is 1.39. The van der Waals surface area contributed by atoms with Crippen LogP contribution in [-0.4, -0.2) is 18.4 Å². The topological polar surface area (TPSA) is 67.4 Å². The normalized spacial score (nSPS) is 14.0. The number of hydrogen-bond donors (Lipinski definition) is 2. The van der Waals surface area contributed by atoms with Crippen LogP contribution in [0, 0.1) is 5.92 Å². The van der Waals surface area contributed by atoms with Gasteiger partial charge in [0.05, 0.1) is 0 Å². The van der Waals surface area contributed by atoms with E-state index in [1.807, 2.05) is 54.6 Å². The Bertz CT molecular complexity index is 723. The highest BCUT2D eigenvalue weighted by Gasteiger charge is 2.18. The molecule has 0 aromatic heterocycles. The zero-order valence-electron chi connectivity index (χ0n) is 14.7. The van der Waals surface area contributed by atoms with E-state index in [-0.39, 0.29) is 18.4 Å². The number of ether oxygens (including phenoxy) is 1. The monoisotopic (exact) mass is 352 g/mol. The Labute approximate surface area is 153 Å². The number of amides is 2. The molecule has 1 aliphatic carbocycles. The quantitative estimate of drug-likeness (QED) is 0.783. The van der Waals surface area contributed by atoms with Crippen molar-refractivity contribution in [2.24, 2.45) is 5.92 Å². The number of nitrogens with one attached hydrogen (secondary N) is 2.